The number of aromatic nitrogens is 4. The Kier molecular flexibility index (Phi) is 3.57. The molecule has 4 rings (SSSR count). The molecule has 0 aromatic carbocycles. The molecule has 1 aliphatic carbocycles. The maximum atomic E-state index is 6.21. The van der Waals surface area contributed by atoms with E-state index in [4.69, 9.17) is 28.9 Å². The normalized spacial score (nSPS) is 14.3. The Morgan fingerprint density at radius 3 is 2.68 bits per heavy atom. The summed E-state index contributed by atoms with van der Waals surface area (Å²) in [6, 6.07) is 1.60. The second-order valence-corrected chi connectivity index (χ2v) is 8.17. The van der Waals surface area contributed by atoms with E-state index >= 15 is 0 Å². The van der Waals surface area contributed by atoms with Gasteiger partial charge in [-0.15, -0.1) is 0 Å². The van der Waals surface area contributed by atoms with Crippen molar-refractivity contribution in [2.75, 3.05) is 5.73 Å². The molecule has 3 aromatic heterocycles. The zero-order chi connectivity index (χ0) is 15.3. The van der Waals surface area contributed by atoms with Crippen molar-refractivity contribution in [2.24, 2.45) is 0 Å². The average molecular weight is 399 g/mol. The topological polar surface area (TPSA) is 77.6 Å². The number of nitrogens with zero attached hydrogens (tertiary/aromatic N) is 4. The van der Waals surface area contributed by atoms with Gasteiger partial charge in [0.15, 0.2) is 0 Å². The predicted molar refractivity (Wildman–Crippen MR) is 88.6 cm³/mol. The number of rotatable bonds is 1. The first-order valence-electron chi connectivity index (χ1n) is 6.90. The number of halogens is 2. The number of nitrogens with two attached hydrogens (primary N) is 1. The fraction of sp³-hybridized carbons (Fsp3) is 0.286. The van der Waals surface area contributed by atoms with Crippen molar-refractivity contribution in [1.82, 2.24) is 19.9 Å². The van der Waals surface area contributed by atoms with E-state index in [2.05, 4.69) is 19.9 Å². The first kappa shape index (κ1) is 14.4. The van der Waals surface area contributed by atoms with E-state index in [1.54, 1.807) is 6.07 Å². The van der Waals surface area contributed by atoms with Gasteiger partial charge in [-0.2, -0.15) is 0 Å². The van der Waals surface area contributed by atoms with Gasteiger partial charge >= 0.3 is 143 Å². The predicted octanol–water partition coefficient (Wildman–Crippen LogP) is 2.91. The third kappa shape index (κ3) is 2.40. The van der Waals surface area contributed by atoms with E-state index in [-0.39, 0.29) is 24.9 Å². The Balaban J connectivity index is 1.93. The molecule has 0 fully saturated rings. The Bertz CT molecular complexity index is 872. The average Bonchev–Trinajstić information content (AvgIpc) is 2.84. The van der Waals surface area contributed by atoms with E-state index in [0.717, 1.165) is 22.6 Å². The van der Waals surface area contributed by atoms with Crippen LogP contribution in [0.3, 0.4) is 0 Å². The van der Waals surface area contributed by atoms with Crippen LogP contribution in [0, 0.1) is 0 Å². The molecule has 0 atom stereocenters. The van der Waals surface area contributed by atoms with Crippen LogP contribution in [-0.2, 0) is 12.8 Å². The number of hydrogen-bond acceptors (Lipinski definition) is 5. The summed E-state index contributed by atoms with van der Waals surface area (Å²) in [4.78, 5) is 17.1. The van der Waals surface area contributed by atoms with Crippen LogP contribution in [0.15, 0.2) is 6.07 Å². The molecule has 1 aliphatic rings. The van der Waals surface area contributed by atoms with Crippen LogP contribution in [0.2, 0.25) is 10.4 Å². The van der Waals surface area contributed by atoms with Crippen molar-refractivity contribution in [3.63, 3.8) is 0 Å². The van der Waals surface area contributed by atoms with Gasteiger partial charge < -0.3 is 0 Å². The monoisotopic (exact) mass is 399 g/mol. The van der Waals surface area contributed by atoms with Crippen LogP contribution >= 0.6 is 23.2 Å². The van der Waals surface area contributed by atoms with Gasteiger partial charge in [-0.3, -0.25) is 0 Å². The third-order valence-corrected chi connectivity index (χ3v) is 6.59. The van der Waals surface area contributed by atoms with Gasteiger partial charge in [0.2, 0.25) is 0 Å². The van der Waals surface area contributed by atoms with E-state index in [0.29, 0.717) is 17.3 Å². The summed E-state index contributed by atoms with van der Waals surface area (Å²) < 4.78 is 2.57. The van der Waals surface area contributed by atoms with Crippen LogP contribution in [0.4, 0.5) is 5.82 Å². The van der Waals surface area contributed by atoms with Crippen LogP contribution in [0.25, 0.3) is 21.3 Å². The molecule has 0 bridgehead atoms. The van der Waals surface area contributed by atoms with Crippen molar-refractivity contribution < 1.29 is 0 Å². The van der Waals surface area contributed by atoms with Crippen LogP contribution < -0.4 is 5.73 Å². The molecular formula is C14H11Cl2N5Se. The molecule has 0 radical (unpaired) electrons. The number of hydrogen-bond donors (Lipinski definition) is 1. The zero-order valence-corrected chi connectivity index (χ0v) is 14.7. The van der Waals surface area contributed by atoms with Crippen molar-refractivity contribution in [3.8, 4) is 11.5 Å². The van der Waals surface area contributed by atoms with Crippen LogP contribution in [-0.4, -0.2) is 34.4 Å². The number of anilines is 1. The Labute approximate surface area is 142 Å². The molecule has 0 saturated carbocycles. The minimum absolute atomic E-state index is 0.0769. The van der Waals surface area contributed by atoms with Gasteiger partial charge in [-0.05, 0) is 0 Å². The van der Waals surface area contributed by atoms with Crippen LogP contribution in [0.1, 0.15) is 22.8 Å². The first-order valence-corrected chi connectivity index (χ1v) is 9.37. The maximum absolute atomic E-state index is 6.21. The van der Waals surface area contributed by atoms with Gasteiger partial charge in [0.1, 0.15) is 0 Å². The standard InChI is InChI=1S/C14H11Cl2N5Se/c15-9-5-7(18-14(16)19-9)12-20-11(17)10-6-3-1-2-4-8(6)22-13(10)21-12/h5H,1-4H2,(H2,17,20,21). The van der Waals surface area contributed by atoms with Gasteiger partial charge in [0.25, 0.3) is 0 Å². The quantitative estimate of drug-likeness (QED) is 0.387. The van der Waals surface area contributed by atoms with Crippen molar-refractivity contribution in [2.45, 2.75) is 25.7 Å². The molecule has 0 aliphatic heterocycles. The fourth-order valence-corrected chi connectivity index (χ4v) is 5.88. The van der Waals surface area contributed by atoms with Gasteiger partial charge in [0, 0.05) is 0 Å². The molecule has 8 heteroatoms. The van der Waals surface area contributed by atoms with E-state index in [1.165, 1.54) is 22.8 Å². The second kappa shape index (κ2) is 5.46. The Morgan fingerprint density at radius 2 is 1.86 bits per heavy atom. The molecular weight excluding hydrogens is 388 g/mol. The number of aryl methyl sites for hydroxylation is 2. The van der Waals surface area contributed by atoms with Gasteiger partial charge in [-0.1, -0.05) is 0 Å². The summed E-state index contributed by atoms with van der Waals surface area (Å²) in [5.74, 6) is 0.990. The van der Waals surface area contributed by atoms with E-state index < -0.39 is 0 Å². The van der Waals surface area contributed by atoms with Crippen molar-refractivity contribution in [1.29, 1.82) is 0 Å². The number of nitrogen functional groups attached to an aromatic ring is 1. The summed E-state index contributed by atoms with van der Waals surface area (Å²) in [5.41, 5.74) is 8.09. The summed E-state index contributed by atoms with van der Waals surface area (Å²) >= 11 is 12.0. The molecule has 3 aromatic rings. The summed E-state index contributed by atoms with van der Waals surface area (Å²) in [7, 11) is 0. The zero-order valence-electron chi connectivity index (χ0n) is 11.4. The number of fused-ring (bicyclic) bond motifs is 3. The van der Waals surface area contributed by atoms with E-state index in [1.807, 2.05) is 0 Å². The Hall–Kier alpha value is -1.20. The van der Waals surface area contributed by atoms with E-state index in [9.17, 15) is 0 Å². The third-order valence-electron chi connectivity index (χ3n) is 3.74. The molecule has 22 heavy (non-hydrogen) atoms. The molecule has 0 unspecified atom stereocenters. The molecule has 3 heterocycles. The second-order valence-electron chi connectivity index (χ2n) is 5.17. The first-order chi connectivity index (χ1) is 10.6. The van der Waals surface area contributed by atoms with Crippen LogP contribution in [0.5, 0.6) is 0 Å². The SMILES string of the molecule is Nc1nc(-c2cc(Cl)nc(Cl)n2)nc2[se]c3c(c12)CCCC3. The minimum atomic E-state index is 0.0769. The van der Waals surface area contributed by atoms with Crippen molar-refractivity contribution >= 4 is 53.3 Å². The molecule has 0 spiro atoms. The molecule has 0 saturated heterocycles. The van der Waals surface area contributed by atoms with Gasteiger partial charge in [0.05, 0.1) is 0 Å². The summed E-state index contributed by atoms with van der Waals surface area (Å²) in [6.07, 6.45) is 4.71. The molecule has 2 N–H and O–H groups in total. The summed E-state index contributed by atoms with van der Waals surface area (Å²) in [6.45, 7) is 0. The summed E-state index contributed by atoms with van der Waals surface area (Å²) in [5, 5.41) is 1.40. The molecule has 5 nitrogen and oxygen atoms in total. The van der Waals surface area contributed by atoms with Crippen molar-refractivity contribution in [3.05, 3.63) is 26.5 Å². The fourth-order valence-electron chi connectivity index (χ4n) is 2.80. The molecule has 112 valence electrons. The molecule has 0 amide bonds. The van der Waals surface area contributed by atoms with Gasteiger partial charge in [-0.25, -0.2) is 0 Å². The Morgan fingerprint density at radius 1 is 1.05 bits per heavy atom.